The lowest BCUT2D eigenvalue weighted by atomic mass is 10.1. The van der Waals surface area contributed by atoms with E-state index in [1.165, 1.54) is 18.5 Å². The van der Waals surface area contributed by atoms with Crippen LogP contribution in [0, 0.1) is 17.1 Å². The van der Waals surface area contributed by atoms with Gasteiger partial charge in [0.25, 0.3) is 0 Å². The predicted octanol–water partition coefficient (Wildman–Crippen LogP) is 3.01. The van der Waals surface area contributed by atoms with E-state index in [0.717, 1.165) is 0 Å². The molecule has 1 heterocycles. The molecule has 0 saturated carbocycles. The van der Waals surface area contributed by atoms with Crippen LogP contribution in [0.5, 0.6) is 0 Å². The molecule has 0 atom stereocenters. The summed E-state index contributed by atoms with van der Waals surface area (Å²) in [5.74, 6) is -0.368. The number of nitrogens with zero attached hydrogens (tertiary/aromatic N) is 2. The monoisotopic (exact) mass is 250 g/mol. The van der Waals surface area contributed by atoms with E-state index in [1.54, 1.807) is 6.07 Å². The summed E-state index contributed by atoms with van der Waals surface area (Å²) < 4.78 is 14.0. The maximum atomic E-state index is 13.3. The van der Waals surface area contributed by atoms with Gasteiger partial charge in [0.05, 0.1) is 5.56 Å². The standard InChI is InChI=1S/C10H4BrFN2/c11-8-1-2-9(12)7-5-14-4-6(3-13)10(7)8/h1-2,4-5H. The Labute approximate surface area is 88.1 Å². The molecule has 68 valence electrons. The minimum absolute atomic E-state index is 0.360. The van der Waals surface area contributed by atoms with Crippen molar-refractivity contribution >= 4 is 26.7 Å². The summed E-state index contributed by atoms with van der Waals surface area (Å²) >= 11 is 3.28. The van der Waals surface area contributed by atoms with Crippen molar-refractivity contribution in [3.05, 3.63) is 40.4 Å². The number of rotatable bonds is 0. The highest BCUT2D eigenvalue weighted by Crippen LogP contribution is 2.27. The normalized spacial score (nSPS) is 10.1. The third-order valence-corrected chi connectivity index (χ3v) is 2.60. The molecule has 0 bridgehead atoms. The van der Waals surface area contributed by atoms with Crippen LogP contribution in [0.15, 0.2) is 29.0 Å². The van der Waals surface area contributed by atoms with Crippen LogP contribution in [0.4, 0.5) is 4.39 Å². The Hall–Kier alpha value is -1.47. The molecule has 4 heteroatoms. The number of pyridine rings is 1. The van der Waals surface area contributed by atoms with E-state index in [9.17, 15) is 4.39 Å². The molecule has 2 rings (SSSR count). The number of nitriles is 1. The van der Waals surface area contributed by atoms with Crippen molar-refractivity contribution in [3.8, 4) is 6.07 Å². The molecule has 0 radical (unpaired) electrons. The maximum Gasteiger partial charge on any atom is 0.132 e. The highest BCUT2D eigenvalue weighted by molar-refractivity contribution is 9.10. The molecule has 1 aromatic heterocycles. The van der Waals surface area contributed by atoms with Crippen molar-refractivity contribution in [2.45, 2.75) is 0 Å². The van der Waals surface area contributed by atoms with Gasteiger partial charge >= 0.3 is 0 Å². The summed E-state index contributed by atoms with van der Waals surface area (Å²) in [6.45, 7) is 0. The molecule has 0 N–H and O–H groups in total. The van der Waals surface area contributed by atoms with E-state index in [1.807, 2.05) is 6.07 Å². The molecule has 2 aromatic rings. The van der Waals surface area contributed by atoms with E-state index in [2.05, 4.69) is 20.9 Å². The van der Waals surface area contributed by atoms with Crippen LogP contribution in [0.25, 0.3) is 10.8 Å². The van der Waals surface area contributed by atoms with Crippen LogP contribution >= 0.6 is 15.9 Å². The van der Waals surface area contributed by atoms with E-state index in [0.29, 0.717) is 20.8 Å². The van der Waals surface area contributed by atoms with Crippen LogP contribution in [0.1, 0.15) is 5.56 Å². The van der Waals surface area contributed by atoms with Crippen LogP contribution in [-0.2, 0) is 0 Å². The molecular weight excluding hydrogens is 247 g/mol. The van der Waals surface area contributed by atoms with E-state index >= 15 is 0 Å². The first-order valence-corrected chi connectivity index (χ1v) is 4.65. The number of hydrogen-bond donors (Lipinski definition) is 0. The lowest BCUT2D eigenvalue weighted by molar-refractivity contribution is 0.639. The first kappa shape index (κ1) is 9.10. The molecule has 0 aliphatic carbocycles. The molecule has 0 unspecified atom stereocenters. The van der Waals surface area contributed by atoms with Gasteiger partial charge in [-0.05, 0) is 12.1 Å². The van der Waals surface area contributed by atoms with Gasteiger partial charge < -0.3 is 0 Å². The highest BCUT2D eigenvalue weighted by Gasteiger charge is 2.08. The van der Waals surface area contributed by atoms with E-state index in [-0.39, 0.29) is 5.82 Å². The van der Waals surface area contributed by atoms with Crippen LogP contribution in [0.3, 0.4) is 0 Å². The second-order valence-corrected chi connectivity index (χ2v) is 3.60. The highest BCUT2D eigenvalue weighted by atomic mass is 79.9. The first-order valence-electron chi connectivity index (χ1n) is 3.86. The lowest BCUT2D eigenvalue weighted by Gasteiger charge is -2.02. The van der Waals surface area contributed by atoms with Crippen LogP contribution in [-0.4, -0.2) is 4.98 Å². The van der Waals surface area contributed by atoms with Gasteiger partial charge in [0.15, 0.2) is 0 Å². The minimum Gasteiger partial charge on any atom is -0.263 e. The average Bonchev–Trinajstić information content (AvgIpc) is 2.23. The SMILES string of the molecule is N#Cc1cncc2c(F)ccc(Br)c12. The zero-order chi connectivity index (χ0) is 10.1. The number of aromatic nitrogens is 1. The summed E-state index contributed by atoms with van der Waals surface area (Å²) in [5, 5.41) is 9.75. The van der Waals surface area contributed by atoms with Crippen molar-refractivity contribution in [3.63, 3.8) is 0 Å². The molecular formula is C10H4BrFN2. The Morgan fingerprint density at radius 1 is 1.36 bits per heavy atom. The van der Waals surface area contributed by atoms with Crippen molar-refractivity contribution in [1.82, 2.24) is 4.98 Å². The van der Waals surface area contributed by atoms with Gasteiger partial charge in [0.1, 0.15) is 11.9 Å². The Morgan fingerprint density at radius 2 is 2.14 bits per heavy atom. The van der Waals surface area contributed by atoms with Gasteiger partial charge in [0, 0.05) is 27.6 Å². The summed E-state index contributed by atoms with van der Waals surface area (Å²) in [4.78, 5) is 3.80. The Balaban J connectivity index is 3.01. The van der Waals surface area contributed by atoms with Crippen molar-refractivity contribution < 1.29 is 4.39 Å². The lowest BCUT2D eigenvalue weighted by Crippen LogP contribution is -1.87. The summed E-state index contributed by atoms with van der Waals surface area (Å²) in [6.07, 6.45) is 2.84. The molecule has 0 saturated heterocycles. The zero-order valence-corrected chi connectivity index (χ0v) is 8.55. The summed E-state index contributed by atoms with van der Waals surface area (Å²) in [5.41, 5.74) is 0.369. The maximum absolute atomic E-state index is 13.3. The van der Waals surface area contributed by atoms with Gasteiger partial charge in [-0.3, -0.25) is 4.98 Å². The fraction of sp³-hybridized carbons (Fsp3) is 0. The van der Waals surface area contributed by atoms with Gasteiger partial charge in [-0.15, -0.1) is 0 Å². The first-order chi connectivity index (χ1) is 6.74. The smallest absolute Gasteiger partial charge is 0.132 e. The van der Waals surface area contributed by atoms with E-state index in [4.69, 9.17) is 5.26 Å². The molecule has 1 aromatic carbocycles. The fourth-order valence-electron chi connectivity index (χ4n) is 1.30. The van der Waals surface area contributed by atoms with Gasteiger partial charge in [-0.2, -0.15) is 5.26 Å². The van der Waals surface area contributed by atoms with Crippen LogP contribution < -0.4 is 0 Å². The van der Waals surface area contributed by atoms with Crippen molar-refractivity contribution in [2.24, 2.45) is 0 Å². The third kappa shape index (κ3) is 1.26. The molecule has 14 heavy (non-hydrogen) atoms. The Kier molecular flexibility index (Phi) is 2.18. The molecule has 0 amide bonds. The minimum atomic E-state index is -0.368. The van der Waals surface area contributed by atoms with Crippen LogP contribution in [0.2, 0.25) is 0 Å². The number of halogens is 2. The molecule has 0 fully saturated rings. The van der Waals surface area contributed by atoms with Gasteiger partial charge in [-0.1, -0.05) is 15.9 Å². The van der Waals surface area contributed by atoms with Crippen molar-refractivity contribution in [2.75, 3.05) is 0 Å². The average molecular weight is 251 g/mol. The summed E-state index contributed by atoms with van der Waals surface area (Å²) in [6, 6.07) is 4.90. The Morgan fingerprint density at radius 3 is 2.86 bits per heavy atom. The molecule has 0 spiro atoms. The predicted molar refractivity (Wildman–Crippen MR) is 54.1 cm³/mol. The van der Waals surface area contributed by atoms with Gasteiger partial charge in [-0.25, -0.2) is 4.39 Å². The quantitative estimate of drug-likeness (QED) is 0.721. The fourth-order valence-corrected chi connectivity index (χ4v) is 1.86. The second-order valence-electron chi connectivity index (χ2n) is 2.75. The number of fused-ring (bicyclic) bond motifs is 1. The largest absolute Gasteiger partial charge is 0.263 e. The molecule has 0 aliphatic heterocycles. The van der Waals surface area contributed by atoms with Gasteiger partial charge in [0.2, 0.25) is 0 Å². The number of hydrogen-bond acceptors (Lipinski definition) is 2. The van der Waals surface area contributed by atoms with E-state index < -0.39 is 0 Å². The summed E-state index contributed by atoms with van der Waals surface area (Å²) in [7, 11) is 0. The molecule has 2 nitrogen and oxygen atoms in total. The number of benzene rings is 1. The third-order valence-electron chi connectivity index (χ3n) is 1.94. The Bertz CT molecular complexity index is 546. The van der Waals surface area contributed by atoms with Crippen molar-refractivity contribution in [1.29, 1.82) is 5.26 Å². The second kappa shape index (κ2) is 3.35. The molecule has 0 aliphatic rings. The zero-order valence-electron chi connectivity index (χ0n) is 6.96. The topological polar surface area (TPSA) is 36.7 Å².